The number of carboxylic acid groups (broad SMARTS) is 1. The number of rotatable bonds is 6. The number of imide groups is 1. The van der Waals surface area contributed by atoms with E-state index >= 15 is 0 Å². The van der Waals surface area contributed by atoms with Crippen molar-refractivity contribution in [1.29, 1.82) is 0 Å². The van der Waals surface area contributed by atoms with Gasteiger partial charge in [0.1, 0.15) is 11.4 Å². The smallest absolute Gasteiger partial charge is 0.414 e. The lowest BCUT2D eigenvalue weighted by atomic mass is 9.81. The zero-order valence-corrected chi connectivity index (χ0v) is 23.2. The molecule has 2 aliphatic heterocycles. The lowest BCUT2D eigenvalue weighted by Gasteiger charge is -2.39. The van der Waals surface area contributed by atoms with E-state index in [2.05, 4.69) is 4.72 Å². The normalized spacial score (nSPS) is 19.4. The third kappa shape index (κ3) is 6.99. The molecule has 4 rings (SSSR count). The van der Waals surface area contributed by atoms with Gasteiger partial charge in [-0.1, -0.05) is 18.2 Å². The molecule has 210 valence electrons. The van der Waals surface area contributed by atoms with Crippen molar-refractivity contribution >= 4 is 33.8 Å². The van der Waals surface area contributed by atoms with Crippen molar-refractivity contribution in [1.82, 2.24) is 9.80 Å². The van der Waals surface area contributed by atoms with Crippen LogP contribution in [0.5, 0.6) is 5.75 Å². The van der Waals surface area contributed by atoms with Crippen molar-refractivity contribution in [3.05, 3.63) is 59.2 Å². The highest BCUT2D eigenvalue weighted by molar-refractivity contribution is 7.92. The standard InChI is InChI=1S/C27H33N3O8S/c1-27(2,3)38-26(34)29-12-11-22(17-5-8-20(9-6-17)28-39(4,35)36)19(14-29)16-37-21-10-7-18-15-30(25(32)33)24(31)23(18)13-21/h5-10,13,19,22,28H,11-12,14-16H2,1-4H3,(H,32,33)/t19-,22-/m0/s1. The van der Waals surface area contributed by atoms with Crippen LogP contribution in [0, 0.1) is 5.92 Å². The quantitative estimate of drug-likeness (QED) is 0.538. The van der Waals surface area contributed by atoms with Crippen LogP contribution in [0.25, 0.3) is 0 Å². The number of ether oxygens (including phenoxy) is 2. The van der Waals surface area contributed by atoms with Gasteiger partial charge in [0.05, 0.1) is 19.4 Å². The Morgan fingerprint density at radius 2 is 1.82 bits per heavy atom. The molecule has 1 saturated heterocycles. The summed E-state index contributed by atoms with van der Waals surface area (Å²) in [6, 6.07) is 12.1. The summed E-state index contributed by atoms with van der Waals surface area (Å²) in [5, 5.41) is 9.25. The number of fused-ring (bicyclic) bond motifs is 1. The summed E-state index contributed by atoms with van der Waals surface area (Å²) in [5.74, 6) is -0.290. The summed E-state index contributed by atoms with van der Waals surface area (Å²) in [6.45, 7) is 6.52. The topological polar surface area (TPSA) is 143 Å². The van der Waals surface area contributed by atoms with Crippen molar-refractivity contribution in [3.8, 4) is 5.75 Å². The number of benzene rings is 2. The number of hydrogen-bond donors (Lipinski definition) is 2. The van der Waals surface area contributed by atoms with Gasteiger partial charge in [0, 0.05) is 30.3 Å². The number of carbonyl (C=O) groups is 3. The van der Waals surface area contributed by atoms with Crippen LogP contribution in [0.4, 0.5) is 15.3 Å². The molecule has 2 aliphatic rings. The predicted octanol–water partition coefficient (Wildman–Crippen LogP) is 4.11. The number of hydrogen-bond acceptors (Lipinski definition) is 7. The number of nitrogens with one attached hydrogen (secondary N) is 1. The molecule has 39 heavy (non-hydrogen) atoms. The van der Waals surface area contributed by atoms with Crippen LogP contribution < -0.4 is 9.46 Å². The number of sulfonamides is 1. The summed E-state index contributed by atoms with van der Waals surface area (Å²) in [7, 11) is -3.40. The second kappa shape index (κ2) is 10.8. The second-order valence-electron chi connectivity index (χ2n) is 10.9. The maximum absolute atomic E-state index is 12.8. The number of anilines is 1. The molecule has 2 heterocycles. The van der Waals surface area contributed by atoms with Crippen molar-refractivity contribution in [2.45, 2.75) is 45.3 Å². The van der Waals surface area contributed by atoms with Gasteiger partial charge in [0.2, 0.25) is 10.0 Å². The monoisotopic (exact) mass is 559 g/mol. The van der Waals surface area contributed by atoms with Crippen LogP contribution >= 0.6 is 0 Å². The van der Waals surface area contributed by atoms with E-state index < -0.39 is 33.7 Å². The maximum Gasteiger partial charge on any atom is 0.414 e. The van der Waals surface area contributed by atoms with Crippen molar-refractivity contribution in [2.24, 2.45) is 5.92 Å². The highest BCUT2D eigenvalue weighted by Gasteiger charge is 2.36. The average molecular weight is 560 g/mol. The number of carbonyl (C=O) groups excluding carboxylic acids is 2. The molecule has 0 bridgehead atoms. The van der Waals surface area contributed by atoms with Gasteiger partial charge in [-0.3, -0.25) is 9.52 Å². The Kier molecular flexibility index (Phi) is 7.78. The molecular weight excluding hydrogens is 526 g/mol. The molecule has 11 nitrogen and oxygen atoms in total. The highest BCUT2D eigenvalue weighted by Crippen LogP contribution is 2.35. The van der Waals surface area contributed by atoms with E-state index in [-0.39, 0.29) is 25.0 Å². The molecule has 0 radical (unpaired) electrons. The largest absolute Gasteiger partial charge is 0.493 e. The zero-order valence-electron chi connectivity index (χ0n) is 22.3. The molecule has 2 atom stereocenters. The van der Waals surface area contributed by atoms with Crippen LogP contribution in [-0.2, 0) is 21.3 Å². The van der Waals surface area contributed by atoms with Crippen molar-refractivity contribution in [3.63, 3.8) is 0 Å². The summed E-state index contributed by atoms with van der Waals surface area (Å²) in [4.78, 5) is 39.0. The minimum absolute atomic E-state index is 0.00348. The molecular formula is C27H33N3O8S. The van der Waals surface area contributed by atoms with Gasteiger partial charge in [-0.25, -0.2) is 22.9 Å². The molecule has 0 spiro atoms. The average Bonchev–Trinajstić information content (AvgIpc) is 3.17. The first-order valence-corrected chi connectivity index (χ1v) is 14.5. The minimum atomic E-state index is -3.40. The number of likely N-dealkylation sites (tertiary alicyclic amines) is 1. The van der Waals surface area contributed by atoms with Gasteiger partial charge in [0.15, 0.2) is 0 Å². The van der Waals surface area contributed by atoms with Crippen molar-refractivity contribution < 1.29 is 37.4 Å². The maximum atomic E-state index is 12.8. The van der Waals surface area contributed by atoms with Gasteiger partial charge in [-0.2, -0.15) is 0 Å². The first kappa shape index (κ1) is 28.2. The highest BCUT2D eigenvalue weighted by atomic mass is 32.2. The zero-order chi connectivity index (χ0) is 28.5. The second-order valence-corrected chi connectivity index (χ2v) is 12.6. The Balaban J connectivity index is 1.53. The Morgan fingerprint density at radius 1 is 1.13 bits per heavy atom. The summed E-state index contributed by atoms with van der Waals surface area (Å²) in [6.07, 6.45) is 0.0219. The molecule has 0 aromatic heterocycles. The third-order valence-electron chi connectivity index (χ3n) is 6.61. The predicted molar refractivity (Wildman–Crippen MR) is 143 cm³/mol. The number of piperidine rings is 1. The van der Waals surface area contributed by atoms with E-state index in [1.54, 1.807) is 35.2 Å². The molecule has 0 unspecified atom stereocenters. The third-order valence-corrected chi connectivity index (χ3v) is 7.21. The van der Waals surface area contributed by atoms with Crippen LogP contribution in [0.3, 0.4) is 0 Å². The number of amides is 3. The lowest BCUT2D eigenvalue weighted by molar-refractivity contribution is 0.0111. The van der Waals surface area contributed by atoms with Crippen LogP contribution in [-0.4, -0.2) is 73.0 Å². The Hall–Kier alpha value is -3.80. The van der Waals surface area contributed by atoms with Crippen LogP contribution in [0.1, 0.15) is 54.6 Å². The Bertz CT molecular complexity index is 1370. The van der Waals surface area contributed by atoms with E-state index in [0.717, 1.165) is 16.7 Å². The molecule has 12 heteroatoms. The Labute approximate surface area is 227 Å². The van der Waals surface area contributed by atoms with Crippen LogP contribution in [0.15, 0.2) is 42.5 Å². The first-order chi connectivity index (χ1) is 18.2. The molecule has 3 amide bonds. The fourth-order valence-electron chi connectivity index (χ4n) is 4.87. The molecule has 2 aromatic rings. The van der Waals surface area contributed by atoms with Crippen LogP contribution in [0.2, 0.25) is 0 Å². The van der Waals surface area contributed by atoms with Gasteiger partial charge in [-0.05, 0) is 68.5 Å². The molecule has 2 aromatic carbocycles. The molecule has 0 aliphatic carbocycles. The van der Waals surface area contributed by atoms with Crippen molar-refractivity contribution in [2.75, 3.05) is 30.7 Å². The van der Waals surface area contributed by atoms with E-state index in [4.69, 9.17) is 9.47 Å². The summed E-state index contributed by atoms with van der Waals surface area (Å²) in [5.41, 5.74) is 1.71. The lowest BCUT2D eigenvalue weighted by Crippen LogP contribution is -2.46. The summed E-state index contributed by atoms with van der Waals surface area (Å²) >= 11 is 0. The van der Waals surface area contributed by atoms with Gasteiger partial charge >= 0.3 is 12.2 Å². The Morgan fingerprint density at radius 3 is 2.44 bits per heavy atom. The van der Waals surface area contributed by atoms with E-state index in [1.807, 2.05) is 32.9 Å². The SMILES string of the molecule is CC(C)(C)OC(=O)N1CC[C@@H](c2ccc(NS(C)(=O)=O)cc2)[C@H](COc2ccc3c(c2)C(=O)N(C(=O)O)C3)C1. The van der Waals surface area contributed by atoms with E-state index in [0.29, 0.717) is 42.1 Å². The molecule has 2 N–H and O–H groups in total. The molecule has 1 fully saturated rings. The first-order valence-electron chi connectivity index (χ1n) is 12.6. The fourth-order valence-corrected chi connectivity index (χ4v) is 5.44. The number of nitrogens with zero attached hydrogens (tertiary/aromatic N) is 2. The van der Waals surface area contributed by atoms with E-state index in [1.165, 1.54) is 0 Å². The van der Waals surface area contributed by atoms with E-state index in [9.17, 15) is 27.9 Å². The van der Waals surface area contributed by atoms with Gasteiger partial charge in [0.25, 0.3) is 5.91 Å². The molecule has 0 saturated carbocycles. The minimum Gasteiger partial charge on any atom is -0.493 e. The summed E-state index contributed by atoms with van der Waals surface area (Å²) < 4.78 is 37.3. The fraction of sp³-hybridized carbons (Fsp3) is 0.444. The van der Waals surface area contributed by atoms with Gasteiger partial charge < -0.3 is 19.5 Å². The van der Waals surface area contributed by atoms with Gasteiger partial charge in [-0.15, -0.1) is 0 Å².